The van der Waals surface area contributed by atoms with Gasteiger partial charge in [0.25, 0.3) is 5.56 Å². The third-order valence-electron chi connectivity index (χ3n) is 1.89. The van der Waals surface area contributed by atoms with Crippen LogP contribution in [-0.4, -0.2) is 9.13 Å². The molecule has 12 heavy (non-hydrogen) atoms. The molecule has 0 atom stereocenters. The molecule has 1 rings (SSSR count). The molecule has 1 aromatic rings. The Bertz CT molecular complexity index is 393. The van der Waals surface area contributed by atoms with Crippen LogP contribution < -0.4 is 11.2 Å². The Kier molecular flexibility index (Phi) is 2.41. The molecule has 1 aromatic heterocycles. The van der Waals surface area contributed by atoms with E-state index in [-0.39, 0.29) is 11.2 Å². The van der Waals surface area contributed by atoms with Crippen molar-refractivity contribution < 1.29 is 0 Å². The standard InChI is InChI=1S/C7H9IN2O2/c1-4-5(8)6(11)10(3)7(12)9(4)2/h1-3H3. The molecule has 1 heterocycles. The summed E-state index contributed by atoms with van der Waals surface area (Å²) in [7, 11) is 3.13. The number of hydrogen-bond acceptors (Lipinski definition) is 2. The molecule has 0 aliphatic heterocycles. The molecule has 0 fully saturated rings. The molecular weight excluding hydrogens is 271 g/mol. The fourth-order valence-electron chi connectivity index (χ4n) is 0.905. The zero-order valence-corrected chi connectivity index (χ0v) is 9.25. The lowest BCUT2D eigenvalue weighted by atomic mass is 10.4. The average molecular weight is 280 g/mol. The molecule has 0 amide bonds. The lowest BCUT2D eigenvalue weighted by molar-refractivity contribution is 0.660. The first-order chi connectivity index (χ1) is 5.46. The maximum Gasteiger partial charge on any atom is 0.330 e. The highest BCUT2D eigenvalue weighted by molar-refractivity contribution is 14.1. The van der Waals surface area contributed by atoms with E-state index >= 15 is 0 Å². The van der Waals surface area contributed by atoms with Gasteiger partial charge in [-0.05, 0) is 29.5 Å². The SMILES string of the molecule is Cc1c(I)c(=O)n(C)c(=O)n1C. The van der Waals surface area contributed by atoms with E-state index < -0.39 is 0 Å². The van der Waals surface area contributed by atoms with E-state index in [0.717, 1.165) is 4.57 Å². The molecule has 0 aliphatic rings. The van der Waals surface area contributed by atoms with Crippen molar-refractivity contribution in [3.8, 4) is 0 Å². The van der Waals surface area contributed by atoms with Crippen LogP contribution in [0.25, 0.3) is 0 Å². The van der Waals surface area contributed by atoms with Gasteiger partial charge in [0.15, 0.2) is 0 Å². The summed E-state index contributed by atoms with van der Waals surface area (Å²) in [5.74, 6) is 0. The van der Waals surface area contributed by atoms with Crippen molar-refractivity contribution in [2.24, 2.45) is 14.1 Å². The summed E-state index contributed by atoms with van der Waals surface area (Å²) in [5.41, 5.74) is 0.206. The summed E-state index contributed by atoms with van der Waals surface area (Å²) < 4.78 is 3.16. The van der Waals surface area contributed by atoms with Gasteiger partial charge in [0.2, 0.25) is 0 Å². The maximum absolute atomic E-state index is 11.3. The van der Waals surface area contributed by atoms with Crippen molar-refractivity contribution in [1.82, 2.24) is 9.13 Å². The summed E-state index contributed by atoms with van der Waals surface area (Å²) >= 11 is 1.94. The Hall–Kier alpha value is -0.590. The number of aromatic nitrogens is 2. The van der Waals surface area contributed by atoms with Crippen LogP contribution in [0.15, 0.2) is 9.59 Å². The molecular formula is C7H9IN2O2. The first-order valence-electron chi connectivity index (χ1n) is 3.39. The second kappa shape index (κ2) is 3.04. The second-order valence-corrected chi connectivity index (χ2v) is 3.68. The maximum atomic E-state index is 11.3. The minimum Gasteiger partial charge on any atom is -0.300 e. The predicted octanol–water partition coefficient (Wildman–Crippen LogP) is -0.00298. The third-order valence-corrected chi connectivity index (χ3v) is 3.13. The van der Waals surface area contributed by atoms with Crippen molar-refractivity contribution in [3.63, 3.8) is 0 Å². The Labute approximate surface area is 83.0 Å². The fourth-order valence-corrected chi connectivity index (χ4v) is 1.63. The largest absolute Gasteiger partial charge is 0.330 e. The third kappa shape index (κ3) is 1.21. The van der Waals surface area contributed by atoms with Gasteiger partial charge in [0, 0.05) is 19.8 Å². The van der Waals surface area contributed by atoms with E-state index in [1.165, 1.54) is 11.6 Å². The predicted molar refractivity (Wildman–Crippen MR) is 54.4 cm³/mol. The normalized spacial score (nSPS) is 10.3. The molecule has 0 bridgehead atoms. The minimum atomic E-state index is -0.280. The van der Waals surface area contributed by atoms with Crippen LogP contribution in [0, 0.1) is 10.5 Å². The van der Waals surface area contributed by atoms with Crippen LogP contribution in [-0.2, 0) is 14.1 Å². The molecule has 0 aromatic carbocycles. The Morgan fingerprint density at radius 3 is 2.17 bits per heavy atom. The smallest absolute Gasteiger partial charge is 0.300 e. The molecule has 5 heteroatoms. The van der Waals surface area contributed by atoms with Gasteiger partial charge in [0.05, 0.1) is 3.57 Å². The van der Waals surface area contributed by atoms with Crippen LogP contribution in [0.3, 0.4) is 0 Å². The number of rotatable bonds is 0. The Morgan fingerprint density at radius 1 is 1.17 bits per heavy atom. The van der Waals surface area contributed by atoms with E-state index in [9.17, 15) is 9.59 Å². The summed E-state index contributed by atoms with van der Waals surface area (Å²) in [6.45, 7) is 1.75. The van der Waals surface area contributed by atoms with Crippen LogP contribution in [0.1, 0.15) is 5.69 Å². The Morgan fingerprint density at radius 2 is 1.67 bits per heavy atom. The van der Waals surface area contributed by atoms with Gasteiger partial charge in [-0.2, -0.15) is 0 Å². The van der Waals surface area contributed by atoms with Gasteiger partial charge in [-0.25, -0.2) is 4.79 Å². The van der Waals surface area contributed by atoms with E-state index in [1.807, 2.05) is 22.6 Å². The first kappa shape index (κ1) is 9.50. The average Bonchev–Trinajstić information content (AvgIpc) is 2.08. The van der Waals surface area contributed by atoms with E-state index in [1.54, 1.807) is 14.0 Å². The summed E-state index contributed by atoms with van der Waals surface area (Å²) in [4.78, 5) is 22.6. The first-order valence-corrected chi connectivity index (χ1v) is 4.46. The molecule has 66 valence electrons. The topological polar surface area (TPSA) is 44.0 Å². The highest BCUT2D eigenvalue weighted by Crippen LogP contribution is 2.00. The van der Waals surface area contributed by atoms with E-state index in [2.05, 4.69) is 0 Å². The molecule has 0 saturated heterocycles. The summed E-state index contributed by atoms with van der Waals surface area (Å²) in [6.07, 6.45) is 0. The summed E-state index contributed by atoms with van der Waals surface area (Å²) in [6, 6.07) is 0. The van der Waals surface area contributed by atoms with Crippen molar-refractivity contribution in [2.45, 2.75) is 6.92 Å². The molecule has 0 spiro atoms. The van der Waals surface area contributed by atoms with E-state index in [4.69, 9.17) is 0 Å². The van der Waals surface area contributed by atoms with Crippen molar-refractivity contribution >= 4 is 22.6 Å². The molecule has 0 N–H and O–H groups in total. The number of halogens is 1. The highest BCUT2D eigenvalue weighted by atomic mass is 127. The lowest BCUT2D eigenvalue weighted by Crippen LogP contribution is -2.39. The highest BCUT2D eigenvalue weighted by Gasteiger charge is 2.07. The quantitative estimate of drug-likeness (QED) is 0.628. The second-order valence-electron chi connectivity index (χ2n) is 2.61. The minimum absolute atomic E-state index is 0.226. The Balaban J connectivity index is 3.86. The van der Waals surface area contributed by atoms with Crippen LogP contribution in [0.5, 0.6) is 0 Å². The van der Waals surface area contributed by atoms with Crippen molar-refractivity contribution in [3.05, 3.63) is 30.1 Å². The molecule has 0 aliphatic carbocycles. The van der Waals surface area contributed by atoms with Gasteiger partial charge in [0.1, 0.15) is 0 Å². The van der Waals surface area contributed by atoms with Crippen LogP contribution >= 0.6 is 22.6 Å². The fraction of sp³-hybridized carbons (Fsp3) is 0.429. The molecule has 4 nitrogen and oxygen atoms in total. The van der Waals surface area contributed by atoms with Crippen LogP contribution in [0.2, 0.25) is 0 Å². The zero-order valence-electron chi connectivity index (χ0n) is 7.09. The van der Waals surface area contributed by atoms with E-state index in [0.29, 0.717) is 9.26 Å². The molecule has 0 radical (unpaired) electrons. The van der Waals surface area contributed by atoms with Gasteiger partial charge in [-0.3, -0.25) is 13.9 Å². The van der Waals surface area contributed by atoms with Crippen LogP contribution in [0.4, 0.5) is 0 Å². The summed E-state index contributed by atoms with van der Waals surface area (Å²) in [5, 5.41) is 0. The number of hydrogen-bond donors (Lipinski definition) is 0. The zero-order chi connectivity index (χ0) is 9.46. The van der Waals surface area contributed by atoms with Gasteiger partial charge < -0.3 is 0 Å². The van der Waals surface area contributed by atoms with Gasteiger partial charge in [-0.1, -0.05) is 0 Å². The van der Waals surface area contributed by atoms with Gasteiger partial charge in [-0.15, -0.1) is 0 Å². The lowest BCUT2D eigenvalue weighted by Gasteiger charge is -2.06. The number of nitrogens with zero attached hydrogens (tertiary/aromatic N) is 2. The van der Waals surface area contributed by atoms with Crippen molar-refractivity contribution in [1.29, 1.82) is 0 Å². The monoisotopic (exact) mass is 280 g/mol. The molecule has 0 saturated carbocycles. The van der Waals surface area contributed by atoms with Gasteiger partial charge >= 0.3 is 5.69 Å². The van der Waals surface area contributed by atoms with Crippen molar-refractivity contribution in [2.75, 3.05) is 0 Å². The molecule has 0 unspecified atom stereocenters.